The Balaban J connectivity index is 2.72. The van der Waals surface area contributed by atoms with Gasteiger partial charge in [0.15, 0.2) is 0 Å². The van der Waals surface area contributed by atoms with Gasteiger partial charge in [-0.1, -0.05) is 6.07 Å². The Kier molecular flexibility index (Phi) is 6.28. The van der Waals surface area contributed by atoms with E-state index in [2.05, 4.69) is 0 Å². The van der Waals surface area contributed by atoms with Gasteiger partial charge in [0.25, 0.3) is 0 Å². The topological polar surface area (TPSA) is 59.0 Å². The first-order valence-electron chi connectivity index (χ1n) is 5.63. The van der Waals surface area contributed by atoms with E-state index in [1.165, 1.54) is 7.11 Å². The molecule has 2 atom stereocenters. The average molecular weight is 273 g/mol. The van der Waals surface area contributed by atoms with E-state index < -0.39 is 18.9 Å². The van der Waals surface area contributed by atoms with Gasteiger partial charge in [0, 0.05) is 11.4 Å². The second-order valence-corrected chi connectivity index (χ2v) is 5.00. The average Bonchev–Trinajstić information content (AvgIpc) is 2.82. The number of thiophene rings is 1. The molecule has 1 unspecified atom stereocenters. The van der Waals surface area contributed by atoms with Crippen LogP contribution in [0.15, 0.2) is 17.5 Å². The van der Waals surface area contributed by atoms with Gasteiger partial charge in [-0.15, -0.1) is 11.3 Å². The number of hydrogen-bond acceptors (Lipinski definition) is 6. The molecule has 1 aromatic heterocycles. The zero-order valence-electron chi connectivity index (χ0n) is 10.8. The molecule has 0 fully saturated rings. The van der Waals surface area contributed by atoms with E-state index in [0.29, 0.717) is 6.54 Å². The lowest BCUT2D eigenvalue weighted by Crippen LogP contribution is -2.47. The Morgan fingerprint density at radius 3 is 2.83 bits per heavy atom. The third-order valence-corrected chi connectivity index (χ3v) is 3.55. The molecule has 0 spiro atoms. The van der Waals surface area contributed by atoms with Crippen molar-refractivity contribution >= 4 is 17.3 Å². The lowest BCUT2D eigenvalue weighted by molar-refractivity contribution is -0.156. The van der Waals surface area contributed by atoms with E-state index in [9.17, 15) is 4.79 Å². The summed E-state index contributed by atoms with van der Waals surface area (Å²) in [6, 6.07) is 3.44. The Bertz CT molecular complexity index is 355. The van der Waals surface area contributed by atoms with Crippen molar-refractivity contribution in [1.82, 2.24) is 4.90 Å². The summed E-state index contributed by atoms with van der Waals surface area (Å²) in [4.78, 5) is 14.8. The van der Waals surface area contributed by atoms with Crippen LogP contribution in [0.2, 0.25) is 0 Å². The summed E-state index contributed by atoms with van der Waals surface area (Å²) in [6.45, 7) is 1.96. The van der Waals surface area contributed by atoms with Crippen molar-refractivity contribution in [3.63, 3.8) is 0 Å². The molecular weight excluding hydrogens is 254 g/mol. The molecule has 0 bridgehead atoms. The SMILES string of the molecule is COC(=O)C([C@H](C)OCO)N(C)Cc1cccs1. The molecular formula is C12H19NO4S. The highest BCUT2D eigenvalue weighted by atomic mass is 32.1. The molecule has 0 saturated carbocycles. The molecule has 0 saturated heterocycles. The number of esters is 1. The van der Waals surface area contributed by atoms with Gasteiger partial charge in [0.1, 0.15) is 12.8 Å². The van der Waals surface area contributed by atoms with Crippen molar-refractivity contribution in [2.24, 2.45) is 0 Å². The van der Waals surface area contributed by atoms with Gasteiger partial charge in [0.05, 0.1) is 13.2 Å². The molecule has 0 aliphatic heterocycles. The first-order valence-corrected chi connectivity index (χ1v) is 6.51. The number of aliphatic hydroxyl groups is 1. The van der Waals surface area contributed by atoms with E-state index in [1.807, 2.05) is 29.5 Å². The van der Waals surface area contributed by atoms with Crippen LogP contribution in [0.4, 0.5) is 0 Å². The number of aliphatic hydroxyl groups excluding tert-OH is 1. The highest BCUT2D eigenvalue weighted by Gasteiger charge is 2.30. The fraction of sp³-hybridized carbons (Fsp3) is 0.583. The maximum absolute atomic E-state index is 11.8. The van der Waals surface area contributed by atoms with Crippen molar-refractivity contribution in [2.75, 3.05) is 21.0 Å². The number of rotatable bonds is 7. The predicted octanol–water partition coefficient (Wildman–Crippen LogP) is 1.08. The number of methoxy groups -OCH3 is 1. The molecule has 102 valence electrons. The fourth-order valence-corrected chi connectivity index (χ4v) is 2.57. The molecule has 0 radical (unpaired) electrons. The highest BCUT2D eigenvalue weighted by molar-refractivity contribution is 7.09. The third-order valence-electron chi connectivity index (χ3n) is 2.68. The van der Waals surface area contributed by atoms with Gasteiger partial charge in [0.2, 0.25) is 0 Å². The number of hydrogen-bond donors (Lipinski definition) is 1. The van der Waals surface area contributed by atoms with Crippen molar-refractivity contribution in [1.29, 1.82) is 0 Å². The van der Waals surface area contributed by atoms with E-state index in [-0.39, 0.29) is 5.97 Å². The van der Waals surface area contributed by atoms with Crippen molar-refractivity contribution in [3.8, 4) is 0 Å². The van der Waals surface area contributed by atoms with E-state index in [4.69, 9.17) is 14.6 Å². The van der Waals surface area contributed by atoms with Crippen LogP contribution in [0.5, 0.6) is 0 Å². The summed E-state index contributed by atoms with van der Waals surface area (Å²) >= 11 is 1.63. The number of ether oxygens (including phenoxy) is 2. The molecule has 0 aliphatic rings. The standard InChI is InChI=1S/C12H19NO4S/c1-9(17-8-14)11(12(15)16-3)13(2)7-10-5-4-6-18-10/h4-6,9,11,14H,7-8H2,1-3H3/t9-,11?/m0/s1. The smallest absolute Gasteiger partial charge is 0.325 e. The monoisotopic (exact) mass is 273 g/mol. The van der Waals surface area contributed by atoms with Gasteiger partial charge in [-0.2, -0.15) is 0 Å². The molecule has 1 heterocycles. The minimum atomic E-state index is -0.538. The summed E-state index contributed by atoms with van der Waals surface area (Å²) in [6.07, 6.45) is -0.438. The number of nitrogens with zero attached hydrogens (tertiary/aromatic N) is 1. The molecule has 5 nitrogen and oxygen atoms in total. The minimum Gasteiger partial charge on any atom is -0.468 e. The number of likely N-dealkylation sites (N-methyl/N-ethyl adjacent to an activating group) is 1. The molecule has 18 heavy (non-hydrogen) atoms. The lowest BCUT2D eigenvalue weighted by Gasteiger charge is -2.29. The Labute approximate surface area is 111 Å². The highest BCUT2D eigenvalue weighted by Crippen LogP contribution is 2.16. The van der Waals surface area contributed by atoms with Gasteiger partial charge in [-0.05, 0) is 25.4 Å². The van der Waals surface area contributed by atoms with Crippen molar-refractivity contribution in [2.45, 2.75) is 25.6 Å². The number of carbonyl (C=O) groups excluding carboxylic acids is 1. The third kappa shape index (κ3) is 4.06. The normalized spacial score (nSPS) is 14.5. The second kappa shape index (κ2) is 7.48. The Morgan fingerprint density at radius 1 is 1.61 bits per heavy atom. The van der Waals surface area contributed by atoms with E-state index in [1.54, 1.807) is 18.3 Å². The maximum Gasteiger partial charge on any atom is 0.325 e. The zero-order valence-corrected chi connectivity index (χ0v) is 11.6. The van der Waals surface area contributed by atoms with Crippen LogP contribution in [0.1, 0.15) is 11.8 Å². The molecule has 0 amide bonds. The van der Waals surface area contributed by atoms with E-state index in [0.717, 1.165) is 4.88 Å². The van der Waals surface area contributed by atoms with Crippen LogP contribution in [0.3, 0.4) is 0 Å². The summed E-state index contributed by atoms with van der Waals surface area (Å²) in [7, 11) is 3.18. The quantitative estimate of drug-likeness (QED) is 0.595. The van der Waals surface area contributed by atoms with Gasteiger partial charge in [-0.25, -0.2) is 0 Å². The van der Waals surface area contributed by atoms with Crippen LogP contribution in [0, 0.1) is 0 Å². The predicted molar refractivity (Wildman–Crippen MR) is 69.2 cm³/mol. The largest absolute Gasteiger partial charge is 0.468 e. The Hall–Kier alpha value is -0.950. The zero-order chi connectivity index (χ0) is 13.5. The van der Waals surface area contributed by atoms with Crippen molar-refractivity contribution in [3.05, 3.63) is 22.4 Å². The summed E-state index contributed by atoms with van der Waals surface area (Å²) in [5, 5.41) is 10.8. The van der Waals surface area contributed by atoms with E-state index >= 15 is 0 Å². The molecule has 1 aromatic rings. The van der Waals surface area contributed by atoms with Crippen LogP contribution in [-0.4, -0.2) is 49.1 Å². The molecule has 1 rings (SSSR count). The van der Waals surface area contributed by atoms with Crippen LogP contribution >= 0.6 is 11.3 Å². The van der Waals surface area contributed by atoms with Gasteiger partial charge < -0.3 is 14.6 Å². The second-order valence-electron chi connectivity index (χ2n) is 3.96. The van der Waals surface area contributed by atoms with Crippen molar-refractivity contribution < 1.29 is 19.4 Å². The minimum absolute atomic E-state index is 0.366. The summed E-state index contributed by atoms with van der Waals surface area (Å²) < 4.78 is 9.87. The lowest BCUT2D eigenvalue weighted by atomic mass is 10.1. The molecule has 0 aliphatic carbocycles. The molecule has 6 heteroatoms. The summed E-state index contributed by atoms with van der Waals surface area (Å²) in [5.41, 5.74) is 0. The van der Waals surface area contributed by atoms with Gasteiger partial charge >= 0.3 is 5.97 Å². The van der Waals surface area contributed by atoms with Gasteiger partial charge in [-0.3, -0.25) is 9.69 Å². The Morgan fingerprint density at radius 2 is 2.33 bits per heavy atom. The van der Waals surface area contributed by atoms with Crippen LogP contribution in [-0.2, 0) is 20.8 Å². The first kappa shape index (κ1) is 15.1. The number of carbonyl (C=O) groups is 1. The van der Waals surface area contributed by atoms with Crippen LogP contribution in [0.25, 0.3) is 0 Å². The summed E-state index contributed by atoms with van der Waals surface area (Å²) in [5.74, 6) is -0.366. The molecule has 0 aromatic carbocycles. The molecule has 1 N–H and O–H groups in total. The van der Waals surface area contributed by atoms with Crippen LogP contribution < -0.4 is 0 Å². The first-order chi connectivity index (χ1) is 8.60. The fourth-order valence-electron chi connectivity index (χ4n) is 1.81. The maximum atomic E-state index is 11.8.